The Morgan fingerprint density at radius 1 is 1.11 bits per heavy atom. The third-order valence-electron chi connectivity index (χ3n) is 5.08. The van der Waals surface area contributed by atoms with Gasteiger partial charge in [-0.05, 0) is 40.9 Å². The van der Waals surface area contributed by atoms with Crippen LogP contribution in [0.4, 0.5) is 0 Å². The van der Waals surface area contributed by atoms with Crippen molar-refractivity contribution in [3.63, 3.8) is 0 Å². The SMILES string of the molecule is COc1ccc(CC(Br)C2C(C)(C)C2(C)C)cc1. The highest BCUT2D eigenvalue weighted by Gasteiger charge is 2.66. The first-order valence-electron chi connectivity index (χ1n) is 6.57. The minimum absolute atomic E-state index is 0.438. The van der Waals surface area contributed by atoms with Crippen LogP contribution in [0.25, 0.3) is 0 Å². The van der Waals surface area contributed by atoms with E-state index >= 15 is 0 Å². The number of halogens is 1. The molecule has 1 aliphatic carbocycles. The molecule has 0 aromatic heterocycles. The van der Waals surface area contributed by atoms with Gasteiger partial charge in [-0.15, -0.1) is 0 Å². The minimum Gasteiger partial charge on any atom is -0.497 e. The zero-order valence-corrected chi connectivity index (χ0v) is 13.5. The molecule has 1 atom stereocenters. The molecule has 100 valence electrons. The van der Waals surface area contributed by atoms with Gasteiger partial charge in [0.1, 0.15) is 5.75 Å². The zero-order chi connectivity index (χ0) is 13.6. The molecule has 1 unspecified atom stereocenters. The second-order valence-corrected chi connectivity index (χ2v) is 7.67. The van der Waals surface area contributed by atoms with E-state index in [1.807, 2.05) is 12.1 Å². The average Bonchev–Trinajstić information content (AvgIpc) is 2.70. The second-order valence-electron chi connectivity index (χ2n) is 6.49. The molecule has 1 aliphatic rings. The van der Waals surface area contributed by atoms with Gasteiger partial charge >= 0.3 is 0 Å². The van der Waals surface area contributed by atoms with Crippen LogP contribution in [0, 0.1) is 16.7 Å². The number of hydrogen-bond donors (Lipinski definition) is 0. The largest absolute Gasteiger partial charge is 0.497 e. The number of methoxy groups -OCH3 is 1. The summed E-state index contributed by atoms with van der Waals surface area (Å²) in [6.45, 7) is 9.50. The Kier molecular flexibility index (Phi) is 3.52. The van der Waals surface area contributed by atoms with Crippen molar-refractivity contribution in [2.24, 2.45) is 16.7 Å². The Balaban J connectivity index is 2.02. The van der Waals surface area contributed by atoms with Gasteiger partial charge in [0.05, 0.1) is 7.11 Å². The lowest BCUT2D eigenvalue weighted by Crippen LogP contribution is -2.10. The summed E-state index contributed by atoms with van der Waals surface area (Å²) >= 11 is 3.90. The van der Waals surface area contributed by atoms with Gasteiger partial charge in [-0.25, -0.2) is 0 Å². The van der Waals surface area contributed by atoms with Crippen LogP contribution >= 0.6 is 15.9 Å². The van der Waals surface area contributed by atoms with Gasteiger partial charge < -0.3 is 4.74 Å². The fourth-order valence-corrected chi connectivity index (χ4v) is 4.95. The molecule has 1 aromatic carbocycles. The van der Waals surface area contributed by atoms with Crippen molar-refractivity contribution in [3.8, 4) is 5.75 Å². The Morgan fingerprint density at radius 3 is 2.00 bits per heavy atom. The second kappa shape index (κ2) is 4.56. The maximum absolute atomic E-state index is 5.19. The van der Waals surface area contributed by atoms with Crippen LogP contribution < -0.4 is 4.74 Å². The summed E-state index contributed by atoms with van der Waals surface area (Å²) in [5, 5.41) is 0. The topological polar surface area (TPSA) is 9.23 Å². The van der Waals surface area contributed by atoms with Crippen LogP contribution in [0.3, 0.4) is 0 Å². The molecule has 18 heavy (non-hydrogen) atoms. The molecule has 0 bridgehead atoms. The zero-order valence-electron chi connectivity index (χ0n) is 12.0. The van der Waals surface area contributed by atoms with Crippen molar-refractivity contribution in [3.05, 3.63) is 29.8 Å². The van der Waals surface area contributed by atoms with Crippen LogP contribution in [-0.4, -0.2) is 11.9 Å². The van der Waals surface area contributed by atoms with Gasteiger partial charge in [0.25, 0.3) is 0 Å². The maximum atomic E-state index is 5.19. The van der Waals surface area contributed by atoms with E-state index in [1.54, 1.807) is 7.11 Å². The fraction of sp³-hybridized carbons (Fsp3) is 0.625. The average molecular weight is 311 g/mol. The first-order chi connectivity index (χ1) is 8.30. The Bertz CT molecular complexity index is 405. The van der Waals surface area contributed by atoms with Crippen molar-refractivity contribution in [1.29, 1.82) is 0 Å². The molecule has 0 radical (unpaired) electrons. The molecule has 0 N–H and O–H groups in total. The molecule has 2 rings (SSSR count). The summed E-state index contributed by atoms with van der Waals surface area (Å²) in [5.41, 5.74) is 2.25. The quantitative estimate of drug-likeness (QED) is 0.733. The highest BCUT2D eigenvalue weighted by Crippen LogP contribution is 2.71. The molecule has 2 heteroatoms. The molecule has 1 aromatic rings. The number of ether oxygens (including phenoxy) is 1. The lowest BCUT2D eigenvalue weighted by atomic mass is 10.0. The Morgan fingerprint density at radius 2 is 1.61 bits per heavy atom. The number of hydrogen-bond acceptors (Lipinski definition) is 1. The molecule has 0 amide bonds. The first kappa shape index (κ1) is 13.9. The van der Waals surface area contributed by atoms with Crippen molar-refractivity contribution in [2.45, 2.75) is 38.9 Å². The lowest BCUT2D eigenvalue weighted by Gasteiger charge is -2.12. The summed E-state index contributed by atoms with van der Waals surface area (Å²) in [5.74, 6) is 1.67. The van der Waals surface area contributed by atoms with E-state index in [1.165, 1.54) is 5.56 Å². The van der Waals surface area contributed by atoms with Gasteiger partial charge in [0.2, 0.25) is 0 Å². The molecule has 1 saturated carbocycles. The molecule has 0 aliphatic heterocycles. The lowest BCUT2D eigenvalue weighted by molar-refractivity contribution is 0.414. The van der Waals surface area contributed by atoms with Crippen molar-refractivity contribution in [1.82, 2.24) is 0 Å². The number of benzene rings is 1. The summed E-state index contributed by atoms with van der Waals surface area (Å²) in [6, 6.07) is 8.40. The number of rotatable bonds is 4. The van der Waals surface area contributed by atoms with E-state index < -0.39 is 0 Å². The Labute approximate surface area is 119 Å². The summed E-state index contributed by atoms with van der Waals surface area (Å²) in [6.07, 6.45) is 1.08. The number of alkyl halides is 1. The van der Waals surface area contributed by atoms with E-state index in [9.17, 15) is 0 Å². The molecular weight excluding hydrogens is 288 g/mol. The monoisotopic (exact) mass is 310 g/mol. The summed E-state index contributed by atoms with van der Waals surface area (Å²) < 4.78 is 5.19. The van der Waals surface area contributed by atoms with E-state index in [-0.39, 0.29) is 0 Å². The van der Waals surface area contributed by atoms with E-state index in [4.69, 9.17) is 4.74 Å². The third-order valence-corrected chi connectivity index (χ3v) is 5.94. The standard InChI is InChI=1S/C16H23BrO/c1-15(2)14(16(15,3)4)13(17)10-11-6-8-12(18-5)9-7-11/h6-9,13-14H,10H2,1-5H3. The van der Waals surface area contributed by atoms with Gasteiger partial charge in [-0.3, -0.25) is 0 Å². The normalized spacial score (nSPS) is 22.6. The predicted molar refractivity (Wildman–Crippen MR) is 80.5 cm³/mol. The van der Waals surface area contributed by atoms with Crippen molar-refractivity contribution >= 4 is 15.9 Å². The van der Waals surface area contributed by atoms with E-state index in [0.717, 1.165) is 18.1 Å². The highest BCUT2D eigenvalue weighted by molar-refractivity contribution is 9.09. The van der Waals surface area contributed by atoms with Gasteiger partial charge in [0.15, 0.2) is 0 Å². The van der Waals surface area contributed by atoms with E-state index in [2.05, 4.69) is 55.8 Å². The van der Waals surface area contributed by atoms with Gasteiger partial charge in [-0.1, -0.05) is 55.8 Å². The molecule has 1 fully saturated rings. The van der Waals surface area contributed by atoms with Gasteiger partial charge in [-0.2, -0.15) is 0 Å². The molecular formula is C16H23BrO. The fourth-order valence-electron chi connectivity index (χ4n) is 3.26. The molecule has 0 saturated heterocycles. The molecule has 0 spiro atoms. The molecule has 0 heterocycles. The van der Waals surface area contributed by atoms with Crippen LogP contribution in [-0.2, 0) is 6.42 Å². The van der Waals surface area contributed by atoms with Gasteiger partial charge in [0, 0.05) is 4.83 Å². The Hall–Kier alpha value is -0.500. The van der Waals surface area contributed by atoms with Crippen LogP contribution in [0.1, 0.15) is 33.3 Å². The van der Waals surface area contributed by atoms with E-state index in [0.29, 0.717) is 15.7 Å². The van der Waals surface area contributed by atoms with Crippen molar-refractivity contribution in [2.75, 3.05) is 7.11 Å². The highest BCUT2D eigenvalue weighted by atomic mass is 79.9. The first-order valence-corrected chi connectivity index (χ1v) is 7.49. The third kappa shape index (κ3) is 2.20. The van der Waals surface area contributed by atoms with Crippen LogP contribution in [0.2, 0.25) is 0 Å². The summed E-state index contributed by atoms with van der Waals surface area (Å²) in [7, 11) is 1.71. The molecule has 1 nitrogen and oxygen atoms in total. The minimum atomic E-state index is 0.438. The smallest absolute Gasteiger partial charge is 0.118 e. The van der Waals surface area contributed by atoms with Crippen LogP contribution in [0.5, 0.6) is 5.75 Å². The van der Waals surface area contributed by atoms with Crippen LogP contribution in [0.15, 0.2) is 24.3 Å². The maximum Gasteiger partial charge on any atom is 0.118 e. The van der Waals surface area contributed by atoms with Crippen molar-refractivity contribution < 1.29 is 4.74 Å². The summed E-state index contributed by atoms with van der Waals surface area (Å²) in [4.78, 5) is 0.552. The predicted octanol–water partition coefficient (Wildman–Crippen LogP) is 4.68.